The zero-order chi connectivity index (χ0) is 14.7. The van der Waals surface area contributed by atoms with Gasteiger partial charge in [0.2, 0.25) is 0 Å². The molecular formula is C14H12F2N2O2. The number of nitrogens with zero attached hydrogens (tertiary/aromatic N) is 1. The van der Waals surface area contributed by atoms with E-state index in [2.05, 4.69) is 5.32 Å². The molecule has 0 heterocycles. The van der Waals surface area contributed by atoms with Crippen LogP contribution in [0.15, 0.2) is 42.5 Å². The lowest BCUT2D eigenvalue weighted by molar-refractivity contribution is -0.384. The van der Waals surface area contributed by atoms with Crippen LogP contribution < -0.4 is 5.32 Å². The van der Waals surface area contributed by atoms with E-state index in [1.165, 1.54) is 30.3 Å². The van der Waals surface area contributed by atoms with E-state index in [-0.39, 0.29) is 11.3 Å². The molecule has 1 unspecified atom stereocenters. The van der Waals surface area contributed by atoms with Crippen molar-refractivity contribution in [3.8, 4) is 0 Å². The van der Waals surface area contributed by atoms with Crippen molar-refractivity contribution in [3.05, 3.63) is 69.8 Å². The summed E-state index contributed by atoms with van der Waals surface area (Å²) in [5.41, 5.74) is 0.564. The molecule has 2 aromatic carbocycles. The molecule has 0 amide bonds. The fourth-order valence-electron chi connectivity index (χ4n) is 1.89. The Kier molecular flexibility index (Phi) is 3.93. The minimum Gasteiger partial charge on any atom is -0.378 e. The highest BCUT2D eigenvalue weighted by atomic mass is 19.2. The number of non-ortho nitro benzene ring substituents is 1. The Labute approximate surface area is 114 Å². The Balaban J connectivity index is 2.23. The predicted molar refractivity (Wildman–Crippen MR) is 71.5 cm³/mol. The number of anilines is 1. The second-order valence-electron chi connectivity index (χ2n) is 4.32. The van der Waals surface area contributed by atoms with E-state index in [1.54, 1.807) is 13.0 Å². The topological polar surface area (TPSA) is 55.2 Å². The monoisotopic (exact) mass is 278 g/mol. The summed E-state index contributed by atoms with van der Waals surface area (Å²) in [6, 6.07) is 9.25. The second-order valence-corrected chi connectivity index (χ2v) is 4.32. The first-order valence-corrected chi connectivity index (χ1v) is 5.94. The van der Waals surface area contributed by atoms with Gasteiger partial charge in [-0.25, -0.2) is 8.78 Å². The Morgan fingerprint density at radius 2 is 1.90 bits per heavy atom. The molecule has 0 saturated carbocycles. The second kappa shape index (κ2) is 5.64. The number of nitrogens with one attached hydrogen (secondary N) is 1. The minimum absolute atomic E-state index is 0.0677. The summed E-state index contributed by atoms with van der Waals surface area (Å²) in [4.78, 5) is 10.2. The van der Waals surface area contributed by atoms with Crippen molar-refractivity contribution < 1.29 is 13.7 Å². The van der Waals surface area contributed by atoms with Gasteiger partial charge in [-0.15, -0.1) is 0 Å². The lowest BCUT2D eigenvalue weighted by Gasteiger charge is -2.16. The van der Waals surface area contributed by atoms with Crippen molar-refractivity contribution in [1.82, 2.24) is 0 Å². The molecule has 0 aliphatic heterocycles. The number of halogens is 2. The van der Waals surface area contributed by atoms with E-state index >= 15 is 0 Å². The minimum atomic E-state index is -0.921. The van der Waals surface area contributed by atoms with E-state index in [1.807, 2.05) is 0 Å². The van der Waals surface area contributed by atoms with Crippen molar-refractivity contribution in [2.24, 2.45) is 0 Å². The van der Waals surface area contributed by atoms with E-state index in [0.29, 0.717) is 5.69 Å². The molecule has 0 bridgehead atoms. The van der Waals surface area contributed by atoms with Gasteiger partial charge in [0.05, 0.1) is 11.0 Å². The summed E-state index contributed by atoms with van der Waals surface area (Å²) in [7, 11) is 0. The molecule has 1 N–H and O–H groups in total. The van der Waals surface area contributed by atoms with Crippen LogP contribution in [-0.2, 0) is 0 Å². The zero-order valence-electron chi connectivity index (χ0n) is 10.6. The molecule has 6 heteroatoms. The van der Waals surface area contributed by atoms with Gasteiger partial charge in [0, 0.05) is 23.4 Å². The summed E-state index contributed by atoms with van der Waals surface area (Å²) in [5.74, 6) is -1.84. The van der Waals surface area contributed by atoms with Gasteiger partial charge in [-0.3, -0.25) is 10.1 Å². The standard InChI is InChI=1S/C14H12F2N2O2/c1-9(12-6-3-7-13(15)14(12)16)17-10-4-2-5-11(8-10)18(19)20/h2-9,17H,1H3. The number of hydrogen-bond acceptors (Lipinski definition) is 3. The van der Waals surface area contributed by atoms with Crippen LogP contribution in [0.5, 0.6) is 0 Å². The molecule has 20 heavy (non-hydrogen) atoms. The number of benzene rings is 2. The Morgan fingerprint density at radius 1 is 1.20 bits per heavy atom. The molecule has 0 aliphatic rings. The molecule has 0 aliphatic carbocycles. The van der Waals surface area contributed by atoms with Crippen LogP contribution in [0.4, 0.5) is 20.2 Å². The van der Waals surface area contributed by atoms with Gasteiger partial charge in [-0.1, -0.05) is 18.2 Å². The van der Waals surface area contributed by atoms with Crippen molar-refractivity contribution in [2.75, 3.05) is 5.32 Å². The summed E-state index contributed by atoms with van der Waals surface area (Å²) in [6.45, 7) is 1.65. The van der Waals surface area contributed by atoms with E-state index in [9.17, 15) is 18.9 Å². The summed E-state index contributed by atoms with van der Waals surface area (Å²) in [6.07, 6.45) is 0. The van der Waals surface area contributed by atoms with Crippen molar-refractivity contribution in [1.29, 1.82) is 0 Å². The molecule has 1 atom stereocenters. The molecule has 2 aromatic rings. The lowest BCUT2D eigenvalue weighted by atomic mass is 10.1. The van der Waals surface area contributed by atoms with Gasteiger partial charge in [0.25, 0.3) is 5.69 Å². The van der Waals surface area contributed by atoms with Crippen LogP contribution in [0.25, 0.3) is 0 Å². The maximum Gasteiger partial charge on any atom is 0.271 e. The first-order chi connectivity index (χ1) is 9.49. The summed E-state index contributed by atoms with van der Waals surface area (Å²) < 4.78 is 26.8. The van der Waals surface area contributed by atoms with Gasteiger partial charge in [0.1, 0.15) is 0 Å². The third kappa shape index (κ3) is 2.90. The largest absolute Gasteiger partial charge is 0.378 e. The molecule has 0 fully saturated rings. The van der Waals surface area contributed by atoms with Crippen LogP contribution in [0.1, 0.15) is 18.5 Å². The summed E-state index contributed by atoms with van der Waals surface area (Å²) in [5, 5.41) is 13.6. The Bertz CT molecular complexity index is 647. The van der Waals surface area contributed by atoms with Crippen LogP contribution >= 0.6 is 0 Å². The Hall–Kier alpha value is -2.50. The molecule has 0 saturated heterocycles. The maximum atomic E-state index is 13.6. The number of hydrogen-bond donors (Lipinski definition) is 1. The van der Waals surface area contributed by atoms with Crippen molar-refractivity contribution in [2.45, 2.75) is 13.0 Å². The maximum absolute atomic E-state index is 13.6. The van der Waals surface area contributed by atoms with Gasteiger partial charge in [-0.05, 0) is 19.1 Å². The van der Waals surface area contributed by atoms with Crippen LogP contribution in [0.3, 0.4) is 0 Å². The average Bonchev–Trinajstić information content (AvgIpc) is 2.42. The molecule has 104 valence electrons. The van der Waals surface area contributed by atoms with Gasteiger partial charge in [0.15, 0.2) is 11.6 Å². The normalized spacial score (nSPS) is 11.9. The molecular weight excluding hydrogens is 266 g/mol. The highest BCUT2D eigenvalue weighted by Crippen LogP contribution is 2.25. The highest BCUT2D eigenvalue weighted by molar-refractivity contribution is 5.52. The smallest absolute Gasteiger partial charge is 0.271 e. The SMILES string of the molecule is CC(Nc1cccc([N+](=O)[O-])c1)c1cccc(F)c1F. The van der Waals surface area contributed by atoms with Crippen LogP contribution in [-0.4, -0.2) is 4.92 Å². The molecule has 0 spiro atoms. The van der Waals surface area contributed by atoms with Crippen LogP contribution in [0, 0.1) is 21.7 Å². The fraction of sp³-hybridized carbons (Fsp3) is 0.143. The van der Waals surface area contributed by atoms with Crippen LogP contribution in [0.2, 0.25) is 0 Å². The number of nitro groups is 1. The van der Waals surface area contributed by atoms with Gasteiger partial charge in [-0.2, -0.15) is 0 Å². The van der Waals surface area contributed by atoms with E-state index < -0.39 is 22.6 Å². The van der Waals surface area contributed by atoms with Gasteiger partial charge < -0.3 is 5.32 Å². The average molecular weight is 278 g/mol. The third-order valence-electron chi connectivity index (χ3n) is 2.89. The molecule has 2 rings (SSSR count). The zero-order valence-corrected chi connectivity index (χ0v) is 10.6. The lowest BCUT2D eigenvalue weighted by Crippen LogP contribution is -2.09. The fourth-order valence-corrected chi connectivity index (χ4v) is 1.89. The quantitative estimate of drug-likeness (QED) is 0.678. The Morgan fingerprint density at radius 3 is 2.60 bits per heavy atom. The first-order valence-electron chi connectivity index (χ1n) is 5.94. The summed E-state index contributed by atoms with van der Waals surface area (Å²) >= 11 is 0. The predicted octanol–water partition coefficient (Wildman–Crippen LogP) is 4.05. The number of nitro benzene ring substituents is 1. The third-order valence-corrected chi connectivity index (χ3v) is 2.89. The van der Waals surface area contributed by atoms with E-state index in [4.69, 9.17) is 0 Å². The molecule has 0 radical (unpaired) electrons. The number of rotatable bonds is 4. The van der Waals surface area contributed by atoms with Gasteiger partial charge >= 0.3 is 0 Å². The van der Waals surface area contributed by atoms with Crippen molar-refractivity contribution in [3.63, 3.8) is 0 Å². The van der Waals surface area contributed by atoms with Crippen molar-refractivity contribution >= 4 is 11.4 Å². The molecule has 4 nitrogen and oxygen atoms in total. The van der Waals surface area contributed by atoms with E-state index in [0.717, 1.165) is 6.07 Å². The highest BCUT2D eigenvalue weighted by Gasteiger charge is 2.15. The first kappa shape index (κ1) is 13.9. The molecule has 0 aromatic heterocycles.